The van der Waals surface area contributed by atoms with Crippen molar-refractivity contribution >= 4 is 17.7 Å². The highest BCUT2D eigenvalue weighted by Crippen LogP contribution is 2.33. The number of carbonyl (C=O) groups excluding carboxylic acids is 2. The first-order valence-corrected chi connectivity index (χ1v) is 9.89. The first kappa shape index (κ1) is 21.3. The first-order chi connectivity index (χ1) is 13.9. The van der Waals surface area contributed by atoms with Crippen LogP contribution in [0.3, 0.4) is 0 Å². The van der Waals surface area contributed by atoms with Gasteiger partial charge >= 0.3 is 6.09 Å². The standard InChI is InChI=1S/C20H28FN3O5/c1-14(26)23-11-16-12-24(19(27)29-16)15-2-3-18(17(21)10-15)28-9-6-20(13-25)4-7-22-8-5-20/h2-3,10,16,22,25H,4-9,11-13H2,1H3,(H,23,26)/t16-/m0/s1. The quantitative estimate of drug-likeness (QED) is 0.601. The fourth-order valence-electron chi connectivity index (χ4n) is 3.69. The number of hydrogen-bond acceptors (Lipinski definition) is 6. The number of anilines is 1. The molecule has 0 saturated carbocycles. The number of rotatable bonds is 8. The van der Waals surface area contributed by atoms with Gasteiger partial charge in [-0.2, -0.15) is 0 Å². The summed E-state index contributed by atoms with van der Waals surface area (Å²) >= 11 is 0. The van der Waals surface area contributed by atoms with Gasteiger partial charge in [0.05, 0.1) is 25.4 Å². The predicted molar refractivity (Wildman–Crippen MR) is 104 cm³/mol. The zero-order chi connectivity index (χ0) is 20.9. The highest BCUT2D eigenvalue weighted by Gasteiger charge is 2.33. The van der Waals surface area contributed by atoms with Gasteiger partial charge in [-0.25, -0.2) is 9.18 Å². The Bertz CT molecular complexity index is 739. The average molecular weight is 409 g/mol. The van der Waals surface area contributed by atoms with E-state index in [-0.39, 0.29) is 36.8 Å². The normalized spacial score (nSPS) is 21.0. The number of halogens is 1. The van der Waals surface area contributed by atoms with Crippen molar-refractivity contribution in [1.29, 1.82) is 0 Å². The van der Waals surface area contributed by atoms with Crippen molar-refractivity contribution < 1.29 is 28.6 Å². The number of amides is 2. The third-order valence-electron chi connectivity index (χ3n) is 5.57. The molecule has 2 saturated heterocycles. The number of benzene rings is 1. The minimum atomic E-state index is -0.579. The van der Waals surface area contributed by atoms with Gasteiger partial charge in [0.15, 0.2) is 11.6 Å². The molecule has 1 aromatic rings. The fraction of sp³-hybridized carbons (Fsp3) is 0.600. The third-order valence-corrected chi connectivity index (χ3v) is 5.57. The van der Waals surface area contributed by atoms with Gasteiger partial charge in [-0.05, 0) is 49.9 Å². The molecule has 3 N–H and O–H groups in total. The molecule has 2 aliphatic heterocycles. The van der Waals surface area contributed by atoms with Crippen LogP contribution in [0.25, 0.3) is 0 Å². The molecule has 1 atom stereocenters. The Balaban J connectivity index is 1.56. The maximum Gasteiger partial charge on any atom is 0.414 e. The van der Waals surface area contributed by atoms with Crippen LogP contribution in [-0.4, -0.2) is 62.6 Å². The number of carbonyl (C=O) groups is 2. The van der Waals surface area contributed by atoms with Crippen LogP contribution >= 0.6 is 0 Å². The van der Waals surface area contributed by atoms with Crippen molar-refractivity contribution in [2.24, 2.45) is 5.41 Å². The molecule has 9 heteroatoms. The van der Waals surface area contributed by atoms with E-state index in [9.17, 15) is 19.1 Å². The van der Waals surface area contributed by atoms with Gasteiger partial charge in [0.1, 0.15) is 6.10 Å². The molecular weight excluding hydrogens is 381 g/mol. The Morgan fingerprint density at radius 2 is 2.21 bits per heavy atom. The molecule has 2 aliphatic rings. The number of aliphatic hydroxyl groups excluding tert-OH is 1. The second-order valence-electron chi connectivity index (χ2n) is 7.67. The first-order valence-electron chi connectivity index (χ1n) is 9.89. The number of aliphatic hydroxyl groups is 1. The Hall–Kier alpha value is -2.39. The minimum Gasteiger partial charge on any atom is -0.490 e. The summed E-state index contributed by atoms with van der Waals surface area (Å²) in [4.78, 5) is 24.4. The van der Waals surface area contributed by atoms with Crippen LogP contribution in [0.2, 0.25) is 0 Å². The maximum atomic E-state index is 14.5. The molecule has 2 heterocycles. The Morgan fingerprint density at radius 3 is 2.86 bits per heavy atom. The Labute approximate surface area is 169 Å². The monoisotopic (exact) mass is 409 g/mol. The van der Waals surface area contributed by atoms with E-state index in [0.29, 0.717) is 18.7 Å². The zero-order valence-electron chi connectivity index (χ0n) is 16.6. The summed E-state index contributed by atoms with van der Waals surface area (Å²) in [7, 11) is 0. The summed E-state index contributed by atoms with van der Waals surface area (Å²) in [5.74, 6) is -0.665. The molecule has 0 spiro atoms. The molecule has 0 radical (unpaired) electrons. The molecule has 0 aromatic heterocycles. The molecule has 29 heavy (non-hydrogen) atoms. The van der Waals surface area contributed by atoms with Gasteiger partial charge in [0, 0.05) is 19.6 Å². The number of piperidine rings is 1. The number of hydrogen-bond donors (Lipinski definition) is 3. The van der Waals surface area contributed by atoms with Crippen molar-refractivity contribution in [1.82, 2.24) is 10.6 Å². The second-order valence-corrected chi connectivity index (χ2v) is 7.67. The lowest BCUT2D eigenvalue weighted by Gasteiger charge is -2.35. The van der Waals surface area contributed by atoms with Gasteiger partial charge in [-0.3, -0.25) is 9.69 Å². The third kappa shape index (κ3) is 5.36. The van der Waals surface area contributed by atoms with Crippen molar-refractivity contribution in [3.63, 3.8) is 0 Å². The summed E-state index contributed by atoms with van der Waals surface area (Å²) in [5.41, 5.74) is 0.194. The number of nitrogens with one attached hydrogen (secondary N) is 2. The summed E-state index contributed by atoms with van der Waals surface area (Å²) in [6.07, 6.45) is 1.32. The fourth-order valence-corrected chi connectivity index (χ4v) is 3.69. The van der Waals surface area contributed by atoms with Crippen molar-refractivity contribution in [3.05, 3.63) is 24.0 Å². The summed E-state index contributed by atoms with van der Waals surface area (Å²) < 4.78 is 25.3. The predicted octanol–water partition coefficient (Wildman–Crippen LogP) is 1.42. The zero-order valence-corrected chi connectivity index (χ0v) is 16.6. The molecular formula is C20H28FN3O5. The largest absolute Gasteiger partial charge is 0.490 e. The van der Waals surface area contributed by atoms with E-state index in [1.54, 1.807) is 6.07 Å². The van der Waals surface area contributed by atoms with Crippen LogP contribution in [0.15, 0.2) is 18.2 Å². The highest BCUT2D eigenvalue weighted by molar-refractivity contribution is 5.89. The molecule has 8 nitrogen and oxygen atoms in total. The maximum absolute atomic E-state index is 14.5. The van der Waals surface area contributed by atoms with Gasteiger partial charge in [-0.15, -0.1) is 0 Å². The van der Waals surface area contributed by atoms with Crippen LogP contribution in [0, 0.1) is 11.2 Å². The topological polar surface area (TPSA) is 100 Å². The molecule has 2 fully saturated rings. The summed E-state index contributed by atoms with van der Waals surface area (Å²) in [5, 5.41) is 15.6. The lowest BCUT2D eigenvalue weighted by atomic mass is 9.77. The van der Waals surface area contributed by atoms with Crippen molar-refractivity contribution in [2.45, 2.75) is 32.3 Å². The van der Waals surface area contributed by atoms with E-state index in [1.807, 2.05) is 0 Å². The lowest BCUT2D eigenvalue weighted by Crippen LogP contribution is -2.40. The van der Waals surface area contributed by atoms with Crippen molar-refractivity contribution in [2.75, 3.05) is 44.3 Å². The molecule has 2 amide bonds. The molecule has 0 aliphatic carbocycles. The Kier molecular flexibility index (Phi) is 6.92. The average Bonchev–Trinajstić information content (AvgIpc) is 3.09. The highest BCUT2D eigenvalue weighted by atomic mass is 19.1. The molecule has 1 aromatic carbocycles. The van der Waals surface area contributed by atoms with Gasteiger partial charge in [-0.1, -0.05) is 0 Å². The van der Waals surface area contributed by atoms with Crippen molar-refractivity contribution in [3.8, 4) is 5.75 Å². The van der Waals surface area contributed by atoms with E-state index in [4.69, 9.17) is 9.47 Å². The lowest BCUT2D eigenvalue weighted by molar-refractivity contribution is -0.119. The summed E-state index contributed by atoms with van der Waals surface area (Å²) in [6.45, 7) is 3.94. The van der Waals surface area contributed by atoms with Gasteiger partial charge in [0.2, 0.25) is 5.91 Å². The molecule has 0 bridgehead atoms. The number of nitrogens with zero attached hydrogens (tertiary/aromatic N) is 1. The smallest absolute Gasteiger partial charge is 0.414 e. The van der Waals surface area contributed by atoms with Crippen LogP contribution in [0.5, 0.6) is 5.75 Å². The number of cyclic esters (lactones) is 1. The van der Waals surface area contributed by atoms with Gasteiger partial charge < -0.3 is 25.2 Å². The minimum absolute atomic E-state index is 0.0934. The van der Waals surface area contributed by atoms with E-state index >= 15 is 0 Å². The summed E-state index contributed by atoms with van der Waals surface area (Å²) in [6, 6.07) is 4.34. The van der Waals surface area contributed by atoms with E-state index in [1.165, 1.54) is 24.0 Å². The van der Waals surface area contributed by atoms with Gasteiger partial charge in [0.25, 0.3) is 0 Å². The molecule has 160 valence electrons. The molecule has 3 rings (SSSR count). The second kappa shape index (κ2) is 9.41. The van der Waals surface area contributed by atoms with Crippen LogP contribution < -0.4 is 20.3 Å². The SMILES string of the molecule is CC(=O)NC[C@H]1CN(c2ccc(OCCC3(CO)CCNCC3)c(F)c2)C(=O)O1. The van der Waals surface area contributed by atoms with Crippen LogP contribution in [0.4, 0.5) is 14.9 Å². The van der Waals surface area contributed by atoms with E-state index < -0.39 is 18.0 Å². The van der Waals surface area contributed by atoms with E-state index in [0.717, 1.165) is 25.9 Å². The Morgan fingerprint density at radius 1 is 1.45 bits per heavy atom. The molecule has 0 unspecified atom stereocenters. The number of ether oxygens (including phenoxy) is 2. The van der Waals surface area contributed by atoms with E-state index in [2.05, 4.69) is 10.6 Å². The van der Waals surface area contributed by atoms with Crippen LogP contribution in [-0.2, 0) is 9.53 Å². The van der Waals surface area contributed by atoms with Crippen LogP contribution in [0.1, 0.15) is 26.2 Å².